The average Bonchev–Trinajstić information content (AvgIpc) is 2.38. The molecule has 0 aliphatic heterocycles. The summed E-state index contributed by atoms with van der Waals surface area (Å²) in [6.07, 6.45) is 1.65. The lowest BCUT2D eigenvalue weighted by molar-refractivity contribution is 0.0942. The predicted octanol–water partition coefficient (Wildman–Crippen LogP) is 3.35. The van der Waals surface area contributed by atoms with Gasteiger partial charge in [0.1, 0.15) is 0 Å². The van der Waals surface area contributed by atoms with Crippen LogP contribution < -0.4 is 11.1 Å². The normalized spacial score (nSPS) is 11.4. The predicted molar refractivity (Wildman–Crippen MR) is 79.0 cm³/mol. The molecule has 0 saturated heterocycles. The van der Waals surface area contributed by atoms with Gasteiger partial charge in [0.25, 0.3) is 5.91 Å². The SMILES string of the molecule is CCC(N)(CC)CNC(=O)c1ccc(Cl)c(Br)c1. The summed E-state index contributed by atoms with van der Waals surface area (Å²) in [4.78, 5) is 12.0. The van der Waals surface area contributed by atoms with Crippen molar-refractivity contribution < 1.29 is 4.79 Å². The Bertz CT molecular complexity index is 433. The quantitative estimate of drug-likeness (QED) is 0.868. The van der Waals surface area contributed by atoms with E-state index in [1.165, 1.54) is 0 Å². The number of nitrogens with two attached hydrogens (primary N) is 1. The maximum Gasteiger partial charge on any atom is 0.251 e. The summed E-state index contributed by atoms with van der Waals surface area (Å²) in [6, 6.07) is 5.09. The van der Waals surface area contributed by atoms with Gasteiger partial charge in [0, 0.05) is 22.1 Å². The standard InChI is InChI=1S/C13H18BrClN2O/c1-3-13(16,4-2)8-17-12(18)9-5-6-11(15)10(14)7-9/h5-7H,3-4,8,16H2,1-2H3,(H,17,18). The van der Waals surface area contributed by atoms with Gasteiger partial charge in [0.15, 0.2) is 0 Å². The van der Waals surface area contributed by atoms with E-state index >= 15 is 0 Å². The summed E-state index contributed by atoms with van der Waals surface area (Å²) >= 11 is 9.18. The first-order valence-electron chi connectivity index (χ1n) is 5.94. The van der Waals surface area contributed by atoms with Crippen LogP contribution in [0.3, 0.4) is 0 Å². The summed E-state index contributed by atoms with van der Waals surface area (Å²) < 4.78 is 0.710. The summed E-state index contributed by atoms with van der Waals surface area (Å²) in [5, 5.41) is 3.45. The Kier molecular flexibility index (Phi) is 5.63. The van der Waals surface area contributed by atoms with Crippen LogP contribution in [0.4, 0.5) is 0 Å². The fourth-order valence-corrected chi connectivity index (χ4v) is 1.99. The van der Waals surface area contributed by atoms with Gasteiger partial charge in [-0.1, -0.05) is 25.4 Å². The molecule has 3 N–H and O–H groups in total. The van der Waals surface area contributed by atoms with Crippen molar-refractivity contribution in [2.45, 2.75) is 32.2 Å². The molecule has 0 aromatic heterocycles. The van der Waals surface area contributed by atoms with Gasteiger partial charge in [-0.25, -0.2) is 0 Å². The average molecular weight is 334 g/mol. The van der Waals surface area contributed by atoms with Gasteiger partial charge < -0.3 is 11.1 Å². The minimum Gasteiger partial charge on any atom is -0.350 e. The van der Waals surface area contributed by atoms with E-state index in [1.54, 1.807) is 18.2 Å². The molecule has 0 unspecified atom stereocenters. The molecule has 0 fully saturated rings. The fourth-order valence-electron chi connectivity index (χ4n) is 1.50. The lowest BCUT2D eigenvalue weighted by Gasteiger charge is -2.26. The van der Waals surface area contributed by atoms with Crippen LogP contribution in [0.1, 0.15) is 37.0 Å². The molecule has 0 spiro atoms. The van der Waals surface area contributed by atoms with E-state index in [1.807, 2.05) is 13.8 Å². The largest absolute Gasteiger partial charge is 0.350 e. The molecule has 0 atom stereocenters. The second-order valence-corrected chi connectivity index (χ2v) is 5.64. The topological polar surface area (TPSA) is 55.1 Å². The zero-order valence-electron chi connectivity index (χ0n) is 10.6. The Morgan fingerprint density at radius 2 is 2.06 bits per heavy atom. The Morgan fingerprint density at radius 1 is 1.44 bits per heavy atom. The first-order valence-corrected chi connectivity index (χ1v) is 7.11. The van der Waals surface area contributed by atoms with Crippen LogP contribution in [0.2, 0.25) is 5.02 Å². The Hall–Kier alpha value is -0.580. The molecule has 100 valence electrons. The molecule has 0 saturated carbocycles. The van der Waals surface area contributed by atoms with E-state index in [0.717, 1.165) is 12.8 Å². The number of carbonyl (C=O) groups is 1. The third-order valence-electron chi connectivity index (χ3n) is 3.19. The summed E-state index contributed by atoms with van der Waals surface area (Å²) in [7, 11) is 0. The second kappa shape index (κ2) is 6.55. The van der Waals surface area contributed by atoms with Crippen LogP contribution in [-0.2, 0) is 0 Å². The molecule has 3 nitrogen and oxygen atoms in total. The van der Waals surface area contributed by atoms with Crippen LogP contribution in [0, 0.1) is 0 Å². The Labute approximate surface area is 121 Å². The van der Waals surface area contributed by atoms with Crippen molar-refractivity contribution in [3.05, 3.63) is 33.3 Å². The summed E-state index contributed by atoms with van der Waals surface area (Å²) in [5.74, 6) is -0.135. The van der Waals surface area contributed by atoms with Gasteiger partial charge >= 0.3 is 0 Å². The molecular weight excluding hydrogens is 316 g/mol. The molecular formula is C13H18BrClN2O. The van der Waals surface area contributed by atoms with E-state index in [4.69, 9.17) is 17.3 Å². The van der Waals surface area contributed by atoms with Crippen LogP contribution in [0.15, 0.2) is 22.7 Å². The molecule has 0 radical (unpaired) electrons. The number of rotatable bonds is 5. The highest BCUT2D eigenvalue weighted by molar-refractivity contribution is 9.10. The Balaban J connectivity index is 2.68. The molecule has 1 aromatic carbocycles. The molecule has 0 aliphatic rings. The van der Waals surface area contributed by atoms with E-state index in [2.05, 4.69) is 21.2 Å². The first-order chi connectivity index (χ1) is 8.41. The van der Waals surface area contributed by atoms with Gasteiger partial charge in [-0.05, 0) is 47.0 Å². The van der Waals surface area contributed by atoms with Gasteiger partial charge in [0.05, 0.1) is 5.02 Å². The van der Waals surface area contributed by atoms with E-state index in [9.17, 15) is 4.79 Å². The van der Waals surface area contributed by atoms with Crippen molar-refractivity contribution in [1.29, 1.82) is 0 Å². The van der Waals surface area contributed by atoms with E-state index in [0.29, 0.717) is 21.6 Å². The molecule has 18 heavy (non-hydrogen) atoms. The van der Waals surface area contributed by atoms with Crippen molar-refractivity contribution in [2.24, 2.45) is 5.73 Å². The molecule has 1 amide bonds. The van der Waals surface area contributed by atoms with Gasteiger partial charge in [-0.2, -0.15) is 0 Å². The first kappa shape index (κ1) is 15.5. The number of hydrogen-bond acceptors (Lipinski definition) is 2. The zero-order valence-corrected chi connectivity index (χ0v) is 12.9. The van der Waals surface area contributed by atoms with Crippen molar-refractivity contribution in [3.63, 3.8) is 0 Å². The minimum absolute atomic E-state index is 0.135. The minimum atomic E-state index is -0.334. The zero-order chi connectivity index (χ0) is 13.8. The van der Waals surface area contributed by atoms with Gasteiger partial charge in [0.2, 0.25) is 0 Å². The monoisotopic (exact) mass is 332 g/mol. The molecule has 5 heteroatoms. The molecule has 0 heterocycles. The highest BCUT2D eigenvalue weighted by Crippen LogP contribution is 2.23. The summed E-state index contributed by atoms with van der Waals surface area (Å²) in [5.41, 5.74) is 6.37. The number of halogens is 2. The number of nitrogens with one attached hydrogen (secondary N) is 1. The van der Waals surface area contributed by atoms with Gasteiger partial charge in [-0.15, -0.1) is 0 Å². The molecule has 1 aromatic rings. The Morgan fingerprint density at radius 3 is 2.56 bits per heavy atom. The van der Waals surface area contributed by atoms with E-state index in [-0.39, 0.29) is 11.4 Å². The number of hydrogen-bond donors (Lipinski definition) is 2. The maximum absolute atomic E-state index is 12.0. The third-order valence-corrected chi connectivity index (χ3v) is 4.40. The lowest BCUT2D eigenvalue weighted by atomic mass is 9.94. The van der Waals surface area contributed by atoms with Crippen LogP contribution in [0.5, 0.6) is 0 Å². The van der Waals surface area contributed by atoms with Crippen LogP contribution in [-0.4, -0.2) is 18.0 Å². The highest BCUT2D eigenvalue weighted by atomic mass is 79.9. The third kappa shape index (κ3) is 3.97. The maximum atomic E-state index is 12.0. The summed E-state index contributed by atoms with van der Waals surface area (Å²) in [6.45, 7) is 4.52. The second-order valence-electron chi connectivity index (χ2n) is 4.38. The highest BCUT2D eigenvalue weighted by Gasteiger charge is 2.21. The number of carbonyl (C=O) groups excluding carboxylic acids is 1. The van der Waals surface area contributed by atoms with Crippen LogP contribution >= 0.6 is 27.5 Å². The number of benzene rings is 1. The van der Waals surface area contributed by atoms with Crippen molar-refractivity contribution in [3.8, 4) is 0 Å². The molecule has 0 bridgehead atoms. The molecule has 0 aliphatic carbocycles. The van der Waals surface area contributed by atoms with Crippen molar-refractivity contribution >= 4 is 33.4 Å². The number of amides is 1. The van der Waals surface area contributed by atoms with Gasteiger partial charge in [-0.3, -0.25) is 4.79 Å². The smallest absolute Gasteiger partial charge is 0.251 e. The lowest BCUT2D eigenvalue weighted by Crippen LogP contribution is -2.49. The fraction of sp³-hybridized carbons (Fsp3) is 0.462. The van der Waals surface area contributed by atoms with Crippen molar-refractivity contribution in [2.75, 3.05) is 6.54 Å². The van der Waals surface area contributed by atoms with E-state index < -0.39 is 0 Å². The van der Waals surface area contributed by atoms with Crippen molar-refractivity contribution in [1.82, 2.24) is 5.32 Å². The van der Waals surface area contributed by atoms with Crippen LogP contribution in [0.25, 0.3) is 0 Å². The molecule has 1 rings (SSSR count).